The van der Waals surface area contributed by atoms with E-state index in [1.54, 1.807) is 30.2 Å². The first-order valence-electron chi connectivity index (χ1n) is 23.4. The van der Waals surface area contributed by atoms with Crippen LogP contribution in [-0.4, -0.2) is 73.4 Å². The predicted molar refractivity (Wildman–Crippen MR) is 258 cm³/mol. The summed E-state index contributed by atoms with van der Waals surface area (Å²) in [5.41, 5.74) is 5.14. The number of piperidine rings is 2. The Morgan fingerprint density at radius 3 is 2.64 bits per heavy atom. The molecular weight excluding hydrogens is 891 g/mol. The van der Waals surface area contributed by atoms with Gasteiger partial charge in [0, 0.05) is 89.5 Å². The van der Waals surface area contributed by atoms with Crippen molar-refractivity contribution >= 4 is 63.9 Å². The van der Waals surface area contributed by atoms with Gasteiger partial charge >= 0.3 is 0 Å². The standard InChI is InChI=1S/C53H55Cl2FN6O5/c1-52(2,3)25-44-53(28-57-41-23-32(54)15-17-38(41)53)46(35-11-6-12-39(55)47(35)56)48(59-44)50(65)58-40-18-16-33(24-43(40)67-4)61-21-7-9-31(26-61)36-22-30(36)14-13-29-8-5-10-34-37(29)27-62(51(34)66)42-19-20-45(63)60-49(42)64/h5-6,8,10-12,15-18,23-24,30-31,36,42,44,46,48,57,59H,7,9,19-22,25-28H2,1-4H3,(H,58,65)(H,60,63,64)/t30-,31-,36+,42?,44-,46-,48+,53-/m0/s1. The van der Waals surface area contributed by atoms with Crippen LogP contribution in [0.3, 0.4) is 0 Å². The molecule has 4 N–H and O–H groups in total. The van der Waals surface area contributed by atoms with Crippen LogP contribution in [0.1, 0.15) is 97.8 Å². The molecule has 348 valence electrons. The largest absolute Gasteiger partial charge is 0.494 e. The average Bonchev–Trinajstić information content (AvgIpc) is 3.74. The summed E-state index contributed by atoms with van der Waals surface area (Å²) in [5.74, 6) is 6.21. The van der Waals surface area contributed by atoms with Gasteiger partial charge in [-0.15, -0.1) is 0 Å². The minimum Gasteiger partial charge on any atom is -0.494 e. The van der Waals surface area contributed by atoms with Gasteiger partial charge in [-0.2, -0.15) is 0 Å². The molecular formula is C53H55Cl2FN6O5. The fourth-order valence-corrected chi connectivity index (χ4v) is 12.2. The lowest BCUT2D eigenvalue weighted by molar-refractivity contribution is -0.137. The first kappa shape index (κ1) is 45.2. The van der Waals surface area contributed by atoms with Crippen LogP contribution in [0.2, 0.25) is 10.0 Å². The highest BCUT2D eigenvalue weighted by Crippen LogP contribution is 2.57. The zero-order chi connectivity index (χ0) is 46.9. The van der Waals surface area contributed by atoms with Crippen LogP contribution in [0.5, 0.6) is 5.75 Å². The number of halogens is 3. The van der Waals surface area contributed by atoms with E-state index in [1.165, 1.54) is 6.07 Å². The van der Waals surface area contributed by atoms with Gasteiger partial charge in [-0.3, -0.25) is 24.5 Å². The molecule has 4 aromatic carbocycles. The Morgan fingerprint density at radius 2 is 1.85 bits per heavy atom. The van der Waals surface area contributed by atoms with Gasteiger partial charge in [-0.25, -0.2) is 4.39 Å². The van der Waals surface area contributed by atoms with E-state index in [0.29, 0.717) is 65.4 Å². The van der Waals surface area contributed by atoms with Gasteiger partial charge in [0.1, 0.15) is 17.6 Å². The molecule has 1 unspecified atom stereocenters. The lowest BCUT2D eigenvalue weighted by Crippen LogP contribution is -2.52. The molecule has 6 aliphatic rings. The highest BCUT2D eigenvalue weighted by atomic mass is 35.5. The number of rotatable bonds is 8. The van der Waals surface area contributed by atoms with Gasteiger partial charge in [0.15, 0.2) is 0 Å². The molecule has 1 spiro atoms. The number of carbonyl (C=O) groups excluding carboxylic acids is 4. The van der Waals surface area contributed by atoms with E-state index < -0.39 is 35.1 Å². The number of nitrogens with zero attached hydrogens (tertiary/aromatic N) is 2. The maximum absolute atomic E-state index is 16.4. The second-order valence-electron chi connectivity index (χ2n) is 20.4. The smallest absolute Gasteiger partial charge is 0.255 e. The van der Waals surface area contributed by atoms with Crippen molar-refractivity contribution in [1.29, 1.82) is 0 Å². The van der Waals surface area contributed by atoms with E-state index in [2.05, 4.69) is 58.8 Å². The van der Waals surface area contributed by atoms with Crippen LogP contribution in [0.4, 0.5) is 21.5 Å². The number of methoxy groups -OCH3 is 1. The third kappa shape index (κ3) is 8.31. The van der Waals surface area contributed by atoms with Crippen LogP contribution in [-0.2, 0) is 26.3 Å². The van der Waals surface area contributed by atoms with E-state index in [4.69, 9.17) is 27.9 Å². The Labute approximate surface area is 400 Å². The summed E-state index contributed by atoms with van der Waals surface area (Å²) in [4.78, 5) is 56.5. The van der Waals surface area contributed by atoms with Crippen molar-refractivity contribution < 1.29 is 28.3 Å². The van der Waals surface area contributed by atoms with Crippen LogP contribution >= 0.6 is 23.2 Å². The fourth-order valence-electron chi connectivity index (χ4n) is 11.8. The maximum Gasteiger partial charge on any atom is 0.255 e. The summed E-state index contributed by atoms with van der Waals surface area (Å²) in [6.07, 6.45) is 4.39. The number of amides is 4. The van der Waals surface area contributed by atoms with E-state index in [9.17, 15) is 19.2 Å². The van der Waals surface area contributed by atoms with Gasteiger partial charge in [0.2, 0.25) is 17.7 Å². The Hall–Kier alpha value is -5.61. The number of anilines is 3. The highest BCUT2D eigenvalue weighted by molar-refractivity contribution is 6.31. The number of carbonyl (C=O) groups is 4. The Morgan fingerprint density at radius 1 is 1.03 bits per heavy atom. The molecule has 11 nitrogen and oxygen atoms in total. The summed E-state index contributed by atoms with van der Waals surface area (Å²) in [7, 11) is 1.60. The summed E-state index contributed by atoms with van der Waals surface area (Å²) in [6, 6.07) is 20.6. The molecule has 1 aliphatic carbocycles. The van der Waals surface area contributed by atoms with Gasteiger partial charge in [-0.1, -0.05) is 80.1 Å². The minimum atomic E-state index is -0.830. The molecule has 1 saturated carbocycles. The van der Waals surface area contributed by atoms with E-state index in [1.807, 2.05) is 48.5 Å². The Kier molecular flexibility index (Phi) is 11.8. The molecule has 8 atom stereocenters. The van der Waals surface area contributed by atoms with Crippen LogP contribution in [0, 0.1) is 40.8 Å². The molecule has 0 radical (unpaired) electrons. The molecule has 14 heteroatoms. The second-order valence-corrected chi connectivity index (χ2v) is 21.2. The number of hydrogen-bond acceptors (Lipinski definition) is 8. The lowest BCUT2D eigenvalue weighted by atomic mass is 9.63. The third-order valence-electron chi connectivity index (χ3n) is 15.0. The maximum atomic E-state index is 16.4. The molecule has 5 heterocycles. The molecule has 4 fully saturated rings. The normalized spacial score (nSPS) is 27.5. The molecule has 0 aromatic heterocycles. The van der Waals surface area contributed by atoms with Crippen molar-refractivity contribution in [3.8, 4) is 17.6 Å². The molecule has 10 rings (SSSR count). The van der Waals surface area contributed by atoms with Gasteiger partial charge in [0.05, 0.1) is 23.9 Å². The average molecular weight is 946 g/mol. The number of imide groups is 1. The van der Waals surface area contributed by atoms with Gasteiger partial charge < -0.3 is 30.5 Å². The lowest BCUT2D eigenvalue weighted by Gasteiger charge is -2.39. The first-order chi connectivity index (χ1) is 32.1. The van der Waals surface area contributed by atoms with Crippen molar-refractivity contribution in [3.05, 3.63) is 116 Å². The van der Waals surface area contributed by atoms with Crippen LogP contribution in [0.25, 0.3) is 0 Å². The quantitative estimate of drug-likeness (QED) is 0.102. The third-order valence-corrected chi connectivity index (χ3v) is 15.6. The number of nitrogens with one attached hydrogen (secondary N) is 4. The summed E-state index contributed by atoms with van der Waals surface area (Å²) in [6.45, 7) is 9.05. The van der Waals surface area contributed by atoms with Crippen LogP contribution in [0.15, 0.2) is 72.8 Å². The van der Waals surface area contributed by atoms with E-state index >= 15 is 4.39 Å². The fraction of sp³-hybridized carbons (Fsp3) is 0.434. The van der Waals surface area contributed by atoms with Crippen molar-refractivity contribution in [2.75, 3.05) is 42.3 Å². The van der Waals surface area contributed by atoms with Gasteiger partial charge in [-0.05, 0) is 109 Å². The molecule has 0 bridgehead atoms. The molecule has 67 heavy (non-hydrogen) atoms. The van der Waals surface area contributed by atoms with Gasteiger partial charge in [0.25, 0.3) is 5.91 Å². The predicted octanol–water partition coefficient (Wildman–Crippen LogP) is 8.67. The first-order valence-corrected chi connectivity index (χ1v) is 24.1. The molecule has 5 aliphatic heterocycles. The summed E-state index contributed by atoms with van der Waals surface area (Å²) >= 11 is 13.0. The number of ether oxygens (including phenoxy) is 1. The number of hydrogen-bond donors (Lipinski definition) is 4. The zero-order valence-corrected chi connectivity index (χ0v) is 39.6. The molecule has 4 aromatic rings. The van der Waals surface area contributed by atoms with Crippen LogP contribution < -0.4 is 30.9 Å². The number of benzene rings is 4. The molecule has 4 amide bonds. The van der Waals surface area contributed by atoms with Crippen molar-refractivity contribution in [2.24, 2.45) is 23.2 Å². The summed E-state index contributed by atoms with van der Waals surface area (Å²) < 4.78 is 22.3. The van der Waals surface area contributed by atoms with E-state index in [-0.39, 0.29) is 46.5 Å². The highest BCUT2D eigenvalue weighted by Gasteiger charge is 2.61. The topological polar surface area (TPSA) is 132 Å². The summed E-state index contributed by atoms with van der Waals surface area (Å²) in [5, 5.41) is 13.5. The molecule has 3 saturated heterocycles. The number of fused-ring (bicyclic) bond motifs is 3. The van der Waals surface area contributed by atoms with Crippen molar-refractivity contribution in [2.45, 2.75) is 95.3 Å². The van der Waals surface area contributed by atoms with E-state index in [0.717, 1.165) is 60.4 Å². The minimum absolute atomic E-state index is 0.00566. The Bertz CT molecular complexity index is 2770. The second kappa shape index (κ2) is 17.5. The Balaban J connectivity index is 0.851. The monoisotopic (exact) mass is 944 g/mol. The van der Waals surface area contributed by atoms with Crippen molar-refractivity contribution in [3.63, 3.8) is 0 Å². The SMILES string of the molecule is COc1cc(N2CCC[C@H]([C@@H]3C[C@@H]3C#Cc3cccc4c3CN(C3CCC(=O)NC3=O)C4=O)C2)ccc1NC(=O)[C@@H]1N[C@@H](CC(C)(C)C)[C@@]2(CNc3cc(Cl)ccc32)[C@H]1c1cccc(Cl)c1F. The van der Waals surface area contributed by atoms with Crippen molar-refractivity contribution in [1.82, 2.24) is 15.5 Å². The zero-order valence-electron chi connectivity index (χ0n) is 38.1.